The summed E-state index contributed by atoms with van der Waals surface area (Å²) in [7, 11) is 0. The molecule has 1 aromatic rings. The van der Waals surface area contributed by atoms with Crippen LogP contribution in [-0.2, 0) is 23.9 Å². The minimum atomic E-state index is -1.65. The van der Waals surface area contributed by atoms with E-state index in [0.29, 0.717) is 5.56 Å². The van der Waals surface area contributed by atoms with Crippen molar-refractivity contribution >= 4 is 17.7 Å². The van der Waals surface area contributed by atoms with Crippen molar-refractivity contribution in [2.75, 3.05) is 0 Å². The summed E-state index contributed by atoms with van der Waals surface area (Å²) < 4.78 is 11.1. The van der Waals surface area contributed by atoms with E-state index in [0.717, 1.165) is 0 Å². The highest BCUT2D eigenvalue weighted by atomic mass is 16.6. The van der Waals surface area contributed by atoms with E-state index in [9.17, 15) is 19.5 Å². The zero-order valence-corrected chi connectivity index (χ0v) is 18.3. The lowest BCUT2D eigenvalue weighted by atomic mass is 9.61. The second kappa shape index (κ2) is 7.90. The van der Waals surface area contributed by atoms with Crippen LogP contribution < -0.4 is 0 Å². The number of rotatable bonds is 3. The highest BCUT2D eigenvalue weighted by molar-refractivity contribution is 6.03. The molecule has 1 fully saturated rings. The standard InChI is InChI=1S/C23H32O6/c1-21(2,3)28-19(25)17-15(24)13-23(7,27)18(20(26)29-22(4,5)6)16(17)14-11-9-8-10-12-14/h8-12,16-18,27H,13H2,1-7H3/t16-,17-,18+,23+/m0/s1. The van der Waals surface area contributed by atoms with Gasteiger partial charge in [-0.2, -0.15) is 0 Å². The predicted octanol–water partition coefficient (Wildman–Crippen LogP) is 3.41. The third kappa shape index (κ3) is 5.66. The van der Waals surface area contributed by atoms with Gasteiger partial charge in [0.25, 0.3) is 0 Å². The van der Waals surface area contributed by atoms with Gasteiger partial charge >= 0.3 is 11.9 Å². The number of esters is 2. The van der Waals surface area contributed by atoms with Gasteiger partial charge in [0, 0.05) is 12.3 Å². The number of hydrogen-bond donors (Lipinski definition) is 1. The largest absolute Gasteiger partial charge is 0.460 e. The Morgan fingerprint density at radius 1 is 0.966 bits per heavy atom. The molecule has 1 saturated carbocycles. The number of aliphatic hydroxyl groups is 1. The van der Waals surface area contributed by atoms with Gasteiger partial charge in [0.15, 0.2) is 5.78 Å². The SMILES string of the molecule is CC(C)(C)OC(=O)[C@H]1C(=O)C[C@@](C)(O)[C@@H](C(=O)OC(C)(C)C)[C@H]1c1ccccc1. The van der Waals surface area contributed by atoms with E-state index in [-0.39, 0.29) is 6.42 Å². The summed E-state index contributed by atoms with van der Waals surface area (Å²) in [5.74, 6) is -4.97. The molecule has 1 aromatic carbocycles. The Morgan fingerprint density at radius 3 is 1.93 bits per heavy atom. The lowest BCUT2D eigenvalue weighted by molar-refractivity contribution is -0.182. The van der Waals surface area contributed by atoms with E-state index in [1.807, 2.05) is 0 Å². The third-order valence-electron chi connectivity index (χ3n) is 4.77. The van der Waals surface area contributed by atoms with Gasteiger partial charge in [-0.15, -0.1) is 0 Å². The average molecular weight is 405 g/mol. The highest BCUT2D eigenvalue weighted by Gasteiger charge is 2.57. The number of benzene rings is 1. The number of ketones is 1. The predicted molar refractivity (Wildman–Crippen MR) is 108 cm³/mol. The van der Waals surface area contributed by atoms with Crippen molar-refractivity contribution in [3.63, 3.8) is 0 Å². The molecule has 0 spiro atoms. The number of carbonyl (C=O) groups is 3. The molecule has 1 aliphatic carbocycles. The van der Waals surface area contributed by atoms with Crippen LogP contribution >= 0.6 is 0 Å². The maximum atomic E-state index is 13.1. The van der Waals surface area contributed by atoms with Gasteiger partial charge < -0.3 is 14.6 Å². The molecular formula is C23H32O6. The Kier molecular flexibility index (Phi) is 6.29. The summed E-state index contributed by atoms with van der Waals surface area (Å²) in [5.41, 5.74) is -2.62. The van der Waals surface area contributed by atoms with Gasteiger partial charge in [-0.25, -0.2) is 0 Å². The van der Waals surface area contributed by atoms with Gasteiger partial charge in [0.1, 0.15) is 17.1 Å². The van der Waals surface area contributed by atoms with Crippen LogP contribution in [0, 0.1) is 11.8 Å². The average Bonchev–Trinajstić information content (AvgIpc) is 2.50. The van der Waals surface area contributed by atoms with E-state index in [1.165, 1.54) is 6.92 Å². The maximum Gasteiger partial charge on any atom is 0.317 e. The molecular weight excluding hydrogens is 372 g/mol. The van der Waals surface area contributed by atoms with Crippen molar-refractivity contribution in [3.8, 4) is 0 Å². The zero-order valence-electron chi connectivity index (χ0n) is 18.3. The van der Waals surface area contributed by atoms with Crippen molar-refractivity contribution in [2.24, 2.45) is 11.8 Å². The Hall–Kier alpha value is -2.21. The van der Waals surface area contributed by atoms with Crippen LogP contribution in [0.3, 0.4) is 0 Å². The molecule has 160 valence electrons. The molecule has 29 heavy (non-hydrogen) atoms. The summed E-state index contributed by atoms with van der Waals surface area (Å²) in [6.45, 7) is 11.8. The summed E-state index contributed by atoms with van der Waals surface area (Å²) in [6.07, 6.45) is -0.329. The Bertz CT molecular complexity index is 767. The van der Waals surface area contributed by atoms with Crippen LogP contribution in [0.25, 0.3) is 0 Å². The minimum absolute atomic E-state index is 0.329. The van der Waals surface area contributed by atoms with Crippen LogP contribution in [0.5, 0.6) is 0 Å². The summed E-state index contributed by atoms with van der Waals surface area (Å²) in [5, 5.41) is 11.1. The Labute approximate surface area is 172 Å². The number of Topliss-reactive ketones (excluding diaryl/α,β-unsaturated/α-hetero) is 1. The topological polar surface area (TPSA) is 89.9 Å². The first-order chi connectivity index (χ1) is 13.1. The molecule has 6 heteroatoms. The first-order valence-electron chi connectivity index (χ1n) is 9.88. The van der Waals surface area contributed by atoms with Gasteiger partial charge in [-0.3, -0.25) is 14.4 Å². The summed E-state index contributed by atoms with van der Waals surface area (Å²) in [6, 6.07) is 8.82. The maximum absolute atomic E-state index is 13.1. The third-order valence-corrected chi connectivity index (χ3v) is 4.77. The number of hydrogen-bond acceptors (Lipinski definition) is 6. The molecule has 0 saturated heterocycles. The fourth-order valence-electron chi connectivity index (χ4n) is 3.82. The monoisotopic (exact) mass is 404 g/mol. The summed E-state index contributed by atoms with van der Waals surface area (Å²) >= 11 is 0. The molecule has 6 nitrogen and oxygen atoms in total. The first kappa shape index (κ1) is 23.1. The molecule has 4 atom stereocenters. The van der Waals surface area contributed by atoms with Crippen molar-refractivity contribution < 1.29 is 29.0 Å². The van der Waals surface area contributed by atoms with Crippen LogP contribution in [0.2, 0.25) is 0 Å². The van der Waals surface area contributed by atoms with Crippen molar-refractivity contribution in [1.29, 1.82) is 0 Å². The Balaban J connectivity index is 2.59. The van der Waals surface area contributed by atoms with E-state index < -0.39 is 52.3 Å². The second-order valence-electron chi connectivity index (χ2n) is 9.96. The lowest BCUT2D eigenvalue weighted by Gasteiger charge is -2.44. The molecule has 1 aliphatic rings. The van der Waals surface area contributed by atoms with Crippen LogP contribution in [0.4, 0.5) is 0 Å². The van der Waals surface area contributed by atoms with Gasteiger partial charge in [-0.05, 0) is 54.0 Å². The highest BCUT2D eigenvalue weighted by Crippen LogP contribution is 2.47. The zero-order chi connectivity index (χ0) is 22.2. The van der Waals surface area contributed by atoms with E-state index in [1.54, 1.807) is 71.9 Å². The second-order valence-corrected chi connectivity index (χ2v) is 9.96. The molecule has 0 bridgehead atoms. The normalized spacial score (nSPS) is 28.0. The molecule has 0 unspecified atom stereocenters. The fourth-order valence-corrected chi connectivity index (χ4v) is 3.82. The molecule has 2 rings (SSSR count). The van der Waals surface area contributed by atoms with Crippen molar-refractivity contribution in [2.45, 2.75) is 77.6 Å². The molecule has 0 radical (unpaired) electrons. The molecule has 0 aliphatic heterocycles. The molecule has 0 aromatic heterocycles. The number of carbonyl (C=O) groups excluding carboxylic acids is 3. The van der Waals surface area contributed by atoms with Crippen LogP contribution in [0.15, 0.2) is 30.3 Å². The molecule has 0 heterocycles. The van der Waals surface area contributed by atoms with Gasteiger partial charge in [0.05, 0.1) is 11.5 Å². The van der Waals surface area contributed by atoms with E-state index in [4.69, 9.17) is 9.47 Å². The number of ether oxygens (including phenoxy) is 2. The van der Waals surface area contributed by atoms with Gasteiger partial charge in [-0.1, -0.05) is 30.3 Å². The summed E-state index contributed by atoms with van der Waals surface area (Å²) in [4.78, 5) is 39.1. The van der Waals surface area contributed by atoms with Crippen LogP contribution in [0.1, 0.15) is 66.4 Å². The van der Waals surface area contributed by atoms with Crippen molar-refractivity contribution in [3.05, 3.63) is 35.9 Å². The van der Waals surface area contributed by atoms with Crippen LogP contribution in [-0.4, -0.2) is 39.6 Å². The van der Waals surface area contributed by atoms with Crippen molar-refractivity contribution in [1.82, 2.24) is 0 Å². The fraction of sp³-hybridized carbons (Fsp3) is 0.609. The lowest BCUT2D eigenvalue weighted by Crippen LogP contribution is -2.56. The smallest absolute Gasteiger partial charge is 0.317 e. The van der Waals surface area contributed by atoms with E-state index >= 15 is 0 Å². The first-order valence-corrected chi connectivity index (χ1v) is 9.88. The quantitative estimate of drug-likeness (QED) is 0.613. The molecule has 0 amide bonds. The van der Waals surface area contributed by atoms with E-state index in [2.05, 4.69) is 0 Å². The van der Waals surface area contributed by atoms with Gasteiger partial charge in [0.2, 0.25) is 0 Å². The minimum Gasteiger partial charge on any atom is -0.460 e. The molecule has 1 N–H and O–H groups in total. The Morgan fingerprint density at radius 2 is 1.45 bits per heavy atom.